The number of halogens is 1. The van der Waals surface area contributed by atoms with Crippen molar-refractivity contribution in [2.24, 2.45) is 7.05 Å². The first-order valence-electron chi connectivity index (χ1n) is 17.2. The third kappa shape index (κ3) is 8.79. The average molecular weight is 790 g/mol. The Morgan fingerprint density at radius 2 is 1.59 bits per heavy atom. The first-order chi connectivity index (χ1) is 26.1. The maximum atomic E-state index is 13.3. The molecule has 17 heteroatoms. The Hall–Kier alpha value is -4.74. The topological polar surface area (TPSA) is 180 Å². The summed E-state index contributed by atoms with van der Waals surface area (Å²) in [5.41, 5.74) is 3.62. The van der Waals surface area contributed by atoms with Crippen LogP contribution in [-0.2, 0) is 29.7 Å². The van der Waals surface area contributed by atoms with Crippen LogP contribution in [0, 0.1) is 6.92 Å². The number of carbonyl (C=O) groups excluding carboxylic acids is 2. The third-order valence-corrected chi connectivity index (χ3v) is 12.5. The van der Waals surface area contributed by atoms with Crippen molar-refractivity contribution in [3.8, 4) is 11.3 Å². The van der Waals surface area contributed by atoms with E-state index in [0.29, 0.717) is 21.5 Å². The number of rotatable bonds is 14. The van der Waals surface area contributed by atoms with Crippen molar-refractivity contribution in [1.29, 1.82) is 0 Å². The molecule has 2 aliphatic rings. The van der Waals surface area contributed by atoms with Crippen LogP contribution in [0.5, 0.6) is 0 Å². The minimum Gasteiger partial charge on any atom is -0.480 e. The van der Waals surface area contributed by atoms with E-state index in [1.807, 2.05) is 12.1 Å². The van der Waals surface area contributed by atoms with E-state index < -0.39 is 40.0 Å². The maximum Gasteiger partial charge on any atom is 0.327 e. The number of fused-ring (bicyclic) bond motifs is 1. The molecular weight excluding hydrogens is 750 g/mol. The molecule has 0 spiro atoms. The Balaban J connectivity index is 0.000000232. The van der Waals surface area contributed by atoms with E-state index in [0.717, 1.165) is 26.2 Å². The highest BCUT2D eigenvalue weighted by atomic mass is 35.5. The molecule has 2 fully saturated rings. The lowest BCUT2D eigenvalue weighted by Crippen LogP contribution is -2.70. The molecule has 0 aliphatic carbocycles. The van der Waals surface area contributed by atoms with Gasteiger partial charge in [-0.15, -0.1) is 16.9 Å². The third-order valence-electron chi connectivity index (χ3n) is 8.96. The van der Waals surface area contributed by atoms with Gasteiger partial charge in [-0.3, -0.25) is 9.59 Å². The van der Waals surface area contributed by atoms with Gasteiger partial charge in [0.1, 0.15) is 34.5 Å². The number of β-lactam (4-membered cyclic amide) rings is 1. The predicted octanol–water partition coefficient (Wildman–Crippen LogP) is 4.41. The summed E-state index contributed by atoms with van der Waals surface area (Å²) in [6.45, 7) is 7.24. The molecule has 2 aromatic heterocycles. The Morgan fingerprint density at radius 3 is 2.17 bits per heavy atom. The summed E-state index contributed by atoms with van der Waals surface area (Å²) >= 11 is 8.93. The van der Waals surface area contributed by atoms with Crippen LogP contribution in [-0.4, -0.2) is 94.2 Å². The molecule has 3 aromatic carbocycles. The molecule has 0 saturated carbocycles. The SMILES string of the molecule is Cc1onc(-c2ccccc2Cl)c1C(=O)NC1C(=O)N2C(C(=O)O)C(C)(CSc3nnnn3C)S[C@@H]12.c1ccc(CNCCNCc2ccccc2)cc1. The van der Waals surface area contributed by atoms with Crippen molar-refractivity contribution >= 4 is 52.9 Å². The van der Waals surface area contributed by atoms with E-state index >= 15 is 0 Å². The number of nitrogens with one attached hydrogen (secondary N) is 3. The number of nitrogens with zero attached hydrogens (tertiary/aromatic N) is 6. The second-order valence-corrected chi connectivity index (χ2v) is 15.9. The number of tetrazole rings is 1. The maximum absolute atomic E-state index is 13.3. The van der Waals surface area contributed by atoms with Crippen molar-refractivity contribution < 1.29 is 24.0 Å². The molecule has 4 atom stereocenters. The van der Waals surface area contributed by atoms with Gasteiger partial charge >= 0.3 is 5.97 Å². The van der Waals surface area contributed by atoms with E-state index in [2.05, 4.69) is 85.2 Å². The lowest BCUT2D eigenvalue weighted by atomic mass is 9.95. The number of carbonyl (C=O) groups is 3. The fourth-order valence-corrected chi connectivity index (χ4v) is 9.34. The minimum absolute atomic E-state index is 0.167. The molecular formula is C37H40ClN9O5S2. The van der Waals surface area contributed by atoms with E-state index in [9.17, 15) is 19.5 Å². The second-order valence-electron chi connectivity index (χ2n) is 12.9. The summed E-state index contributed by atoms with van der Waals surface area (Å²) in [6.07, 6.45) is 0. The Kier molecular flexibility index (Phi) is 12.7. The molecule has 0 radical (unpaired) electrons. The Morgan fingerprint density at radius 1 is 0.981 bits per heavy atom. The van der Waals surface area contributed by atoms with Crippen molar-refractivity contribution in [3.05, 3.63) is 112 Å². The van der Waals surface area contributed by atoms with Gasteiger partial charge in [0.05, 0.1) is 9.77 Å². The summed E-state index contributed by atoms with van der Waals surface area (Å²) in [5.74, 6) is -1.52. The molecule has 5 aromatic rings. The van der Waals surface area contributed by atoms with Gasteiger partial charge in [-0.2, -0.15) is 0 Å². The monoisotopic (exact) mass is 789 g/mol. The standard InChI is InChI=1S/C21H20ClN7O5S2.C16H20N2/c1-9-12(13(25-34-9)10-6-4-5-7-11(10)22)16(30)23-14-17(31)29-15(19(32)33)21(2,36-18(14)29)8-35-20-24-26-27-28(20)3;1-3-7-15(8-4-1)13-17-11-12-18-14-16-9-5-2-6-10-16/h4-7,14-15,18H,8H2,1-3H3,(H,23,30)(H,32,33);1-10,17-18H,11-14H2/t14?,15?,18-,21?;/m0./s1. The molecule has 2 aliphatic heterocycles. The van der Waals surface area contributed by atoms with Gasteiger partial charge in [0, 0.05) is 44.5 Å². The number of carboxylic acid groups (broad SMARTS) is 1. The van der Waals surface area contributed by atoms with Crippen LogP contribution in [0.25, 0.3) is 11.3 Å². The summed E-state index contributed by atoms with van der Waals surface area (Å²) < 4.78 is 5.90. The molecule has 0 bridgehead atoms. The van der Waals surface area contributed by atoms with Crippen molar-refractivity contribution in [3.63, 3.8) is 0 Å². The van der Waals surface area contributed by atoms with Gasteiger partial charge in [0.2, 0.25) is 11.1 Å². The first kappa shape index (κ1) is 39.0. The number of aryl methyl sites for hydroxylation is 2. The van der Waals surface area contributed by atoms with Crippen LogP contribution < -0.4 is 16.0 Å². The molecule has 7 rings (SSSR count). The van der Waals surface area contributed by atoms with Crippen molar-refractivity contribution in [2.75, 3.05) is 18.8 Å². The fourth-order valence-electron chi connectivity index (χ4n) is 6.22. The molecule has 54 heavy (non-hydrogen) atoms. The van der Waals surface area contributed by atoms with Crippen LogP contribution in [0.2, 0.25) is 5.02 Å². The number of hydrogen-bond donors (Lipinski definition) is 4. The number of carboxylic acids is 1. The lowest BCUT2D eigenvalue weighted by molar-refractivity contribution is -0.159. The first-order valence-corrected chi connectivity index (χ1v) is 19.4. The number of amides is 2. The van der Waals surface area contributed by atoms with Crippen LogP contribution in [0.4, 0.5) is 0 Å². The highest BCUT2D eigenvalue weighted by molar-refractivity contribution is 8.04. The number of thioether (sulfide) groups is 2. The Bertz CT molecular complexity index is 2030. The predicted molar refractivity (Wildman–Crippen MR) is 207 cm³/mol. The summed E-state index contributed by atoms with van der Waals surface area (Å²) in [6, 6.07) is 25.9. The van der Waals surface area contributed by atoms with Gasteiger partial charge in [-0.1, -0.05) is 107 Å². The zero-order valence-corrected chi connectivity index (χ0v) is 32.2. The minimum atomic E-state index is -1.11. The van der Waals surface area contributed by atoms with Gasteiger partial charge in [0.15, 0.2) is 0 Å². The largest absolute Gasteiger partial charge is 0.480 e. The van der Waals surface area contributed by atoms with E-state index in [4.69, 9.17) is 16.1 Å². The normalized spacial score (nSPS) is 20.1. The molecule has 2 amide bonds. The number of aromatic nitrogens is 5. The van der Waals surface area contributed by atoms with Crippen LogP contribution in [0.1, 0.15) is 34.2 Å². The van der Waals surface area contributed by atoms with E-state index in [1.54, 1.807) is 45.2 Å². The van der Waals surface area contributed by atoms with Crippen LogP contribution in [0.3, 0.4) is 0 Å². The van der Waals surface area contributed by atoms with Gasteiger partial charge in [0.25, 0.3) is 5.91 Å². The molecule has 3 unspecified atom stereocenters. The highest BCUT2D eigenvalue weighted by Crippen LogP contribution is 2.52. The molecule has 4 heterocycles. The zero-order chi connectivity index (χ0) is 38.2. The number of benzene rings is 3. The van der Waals surface area contributed by atoms with Gasteiger partial charge < -0.3 is 30.5 Å². The summed E-state index contributed by atoms with van der Waals surface area (Å²) in [7, 11) is 1.69. The molecule has 282 valence electrons. The van der Waals surface area contributed by atoms with Crippen LogP contribution >= 0.6 is 35.1 Å². The smallest absolute Gasteiger partial charge is 0.327 e. The van der Waals surface area contributed by atoms with E-state index in [-0.39, 0.29) is 17.0 Å². The number of aliphatic carboxylic acids is 1. The van der Waals surface area contributed by atoms with E-state index in [1.165, 1.54) is 44.2 Å². The molecule has 14 nitrogen and oxygen atoms in total. The summed E-state index contributed by atoms with van der Waals surface area (Å²) in [5, 5.41) is 35.2. The van der Waals surface area contributed by atoms with Gasteiger partial charge in [-0.25, -0.2) is 9.48 Å². The fraction of sp³-hybridized carbons (Fsp3) is 0.324. The molecule has 4 N–H and O–H groups in total. The second kappa shape index (κ2) is 17.6. The highest BCUT2D eigenvalue weighted by Gasteiger charge is 2.65. The summed E-state index contributed by atoms with van der Waals surface area (Å²) in [4.78, 5) is 39.9. The zero-order valence-electron chi connectivity index (χ0n) is 29.8. The Labute approximate surface area is 325 Å². The van der Waals surface area contributed by atoms with Crippen molar-refractivity contribution in [2.45, 2.75) is 54.3 Å². The quantitative estimate of drug-likeness (QED) is 0.0707. The van der Waals surface area contributed by atoms with Gasteiger partial charge in [-0.05, 0) is 41.5 Å². The van der Waals surface area contributed by atoms with Crippen molar-refractivity contribution in [1.82, 2.24) is 46.2 Å². The average Bonchev–Trinajstić information content (AvgIpc) is 3.85. The lowest BCUT2D eigenvalue weighted by Gasteiger charge is -2.43. The van der Waals surface area contributed by atoms with Crippen LogP contribution in [0.15, 0.2) is 94.6 Å². The number of hydrogen-bond acceptors (Lipinski definition) is 12. The molecule has 2 saturated heterocycles.